The van der Waals surface area contributed by atoms with Crippen molar-refractivity contribution in [2.45, 2.75) is 39.8 Å². The van der Waals surface area contributed by atoms with Crippen LogP contribution in [0.5, 0.6) is 0 Å². The number of rotatable bonds is 6. The molecule has 0 aliphatic carbocycles. The van der Waals surface area contributed by atoms with Gasteiger partial charge in [-0.15, -0.1) is 0 Å². The predicted molar refractivity (Wildman–Crippen MR) is 113 cm³/mol. The Morgan fingerprint density at radius 2 is 1.96 bits per heavy atom. The van der Waals surface area contributed by atoms with Crippen molar-refractivity contribution in [3.63, 3.8) is 0 Å². The highest BCUT2D eigenvalue weighted by Crippen LogP contribution is 2.24. The molecule has 1 N–H and O–H groups in total. The molecule has 0 fully saturated rings. The molecule has 0 saturated heterocycles. The van der Waals surface area contributed by atoms with Crippen LogP contribution in [0, 0.1) is 5.92 Å². The Bertz CT molecular complexity index is 961. The van der Waals surface area contributed by atoms with Gasteiger partial charge in [0.2, 0.25) is 5.91 Å². The van der Waals surface area contributed by atoms with E-state index in [4.69, 9.17) is 4.98 Å². The third-order valence-electron chi connectivity index (χ3n) is 5.22. The minimum atomic E-state index is 0.0373. The molecule has 1 aliphatic rings. The molecule has 0 saturated carbocycles. The molecule has 28 heavy (non-hydrogen) atoms. The molecule has 0 unspecified atom stereocenters. The molecule has 0 bridgehead atoms. The second-order valence-corrected chi connectivity index (χ2v) is 8.05. The highest BCUT2D eigenvalue weighted by Gasteiger charge is 2.20. The van der Waals surface area contributed by atoms with Gasteiger partial charge < -0.3 is 9.88 Å². The van der Waals surface area contributed by atoms with E-state index in [9.17, 15) is 4.79 Å². The summed E-state index contributed by atoms with van der Waals surface area (Å²) in [6.45, 7) is 8.54. The minimum absolute atomic E-state index is 0.0373. The van der Waals surface area contributed by atoms with Gasteiger partial charge in [-0.05, 0) is 36.1 Å². The van der Waals surface area contributed by atoms with Crippen molar-refractivity contribution in [2.75, 3.05) is 18.4 Å². The Hall–Kier alpha value is -2.66. The van der Waals surface area contributed by atoms with Crippen LogP contribution >= 0.6 is 0 Å². The van der Waals surface area contributed by atoms with Crippen LogP contribution in [0.4, 0.5) is 5.69 Å². The lowest BCUT2D eigenvalue weighted by Gasteiger charge is -2.29. The maximum absolute atomic E-state index is 12.3. The molecule has 0 spiro atoms. The van der Waals surface area contributed by atoms with E-state index >= 15 is 0 Å². The Morgan fingerprint density at radius 3 is 2.75 bits per heavy atom. The molecule has 4 rings (SSSR count). The van der Waals surface area contributed by atoms with Crippen LogP contribution in [0.3, 0.4) is 0 Å². The van der Waals surface area contributed by atoms with E-state index in [1.54, 1.807) is 0 Å². The first kappa shape index (κ1) is 18.7. The molecule has 3 aromatic rings. The number of carbonyl (C=O) groups is 1. The molecule has 5 nitrogen and oxygen atoms in total. The lowest BCUT2D eigenvalue weighted by Crippen LogP contribution is -2.36. The van der Waals surface area contributed by atoms with Crippen LogP contribution in [0.25, 0.3) is 11.0 Å². The zero-order valence-electron chi connectivity index (χ0n) is 16.7. The average Bonchev–Trinajstić information content (AvgIpc) is 3.03. The summed E-state index contributed by atoms with van der Waals surface area (Å²) in [7, 11) is 0. The molecule has 2 heterocycles. The number of carbonyl (C=O) groups excluding carboxylic acids is 1. The lowest BCUT2D eigenvalue weighted by molar-refractivity contribution is -0.116. The van der Waals surface area contributed by atoms with E-state index < -0.39 is 0 Å². The molecular weight excluding hydrogens is 348 g/mol. The zero-order valence-corrected chi connectivity index (χ0v) is 16.7. The monoisotopic (exact) mass is 376 g/mol. The number of nitrogens with zero attached hydrogens (tertiary/aromatic N) is 3. The summed E-state index contributed by atoms with van der Waals surface area (Å²) in [6.07, 6.45) is 1.23. The van der Waals surface area contributed by atoms with E-state index in [1.165, 1.54) is 5.56 Å². The van der Waals surface area contributed by atoms with Crippen LogP contribution in [-0.2, 0) is 24.3 Å². The Balaban J connectivity index is 1.43. The third-order valence-corrected chi connectivity index (χ3v) is 5.22. The molecular formula is C23H28N4O. The van der Waals surface area contributed by atoms with Crippen molar-refractivity contribution in [1.82, 2.24) is 14.5 Å². The summed E-state index contributed by atoms with van der Waals surface area (Å²) in [5, 5.41) is 3.02. The number of fused-ring (bicyclic) bond motifs is 3. The molecule has 0 atom stereocenters. The number of aryl methyl sites for hydroxylation is 1. The normalized spacial score (nSPS) is 14.4. The van der Waals surface area contributed by atoms with Crippen LogP contribution < -0.4 is 5.32 Å². The smallest absolute Gasteiger partial charge is 0.224 e. The summed E-state index contributed by atoms with van der Waals surface area (Å²) in [5.74, 6) is 1.82. The quantitative estimate of drug-likeness (QED) is 0.705. The first-order valence-electron chi connectivity index (χ1n) is 10.1. The Kier molecular flexibility index (Phi) is 5.44. The number of nitrogens with one attached hydrogen (secondary N) is 1. The SMILES string of the molecule is CC(C)CN1CCn2c(nc3cc(NC(=O)CCc4ccccc4)ccc32)C1. The van der Waals surface area contributed by atoms with E-state index in [1.807, 2.05) is 30.3 Å². The fraction of sp³-hybridized carbons (Fsp3) is 0.391. The summed E-state index contributed by atoms with van der Waals surface area (Å²) in [4.78, 5) is 19.6. The van der Waals surface area contributed by atoms with Crippen LogP contribution in [-0.4, -0.2) is 33.4 Å². The maximum Gasteiger partial charge on any atom is 0.224 e. The molecule has 5 heteroatoms. The van der Waals surface area contributed by atoms with Gasteiger partial charge in [-0.1, -0.05) is 44.2 Å². The van der Waals surface area contributed by atoms with Gasteiger partial charge in [0, 0.05) is 31.7 Å². The van der Waals surface area contributed by atoms with Crippen molar-refractivity contribution in [1.29, 1.82) is 0 Å². The number of amides is 1. The minimum Gasteiger partial charge on any atom is -0.326 e. The number of anilines is 1. The Morgan fingerprint density at radius 1 is 1.14 bits per heavy atom. The van der Waals surface area contributed by atoms with Crippen molar-refractivity contribution < 1.29 is 4.79 Å². The van der Waals surface area contributed by atoms with Gasteiger partial charge in [-0.2, -0.15) is 0 Å². The van der Waals surface area contributed by atoms with E-state index in [2.05, 4.69) is 46.8 Å². The lowest BCUT2D eigenvalue weighted by atomic mass is 10.1. The molecule has 1 aliphatic heterocycles. The number of aromatic nitrogens is 2. The zero-order chi connectivity index (χ0) is 19.5. The van der Waals surface area contributed by atoms with E-state index in [0.717, 1.165) is 55.1 Å². The highest BCUT2D eigenvalue weighted by molar-refractivity contribution is 5.93. The van der Waals surface area contributed by atoms with Crippen LogP contribution in [0.1, 0.15) is 31.7 Å². The first-order chi connectivity index (χ1) is 13.6. The fourth-order valence-electron chi connectivity index (χ4n) is 3.95. The average molecular weight is 377 g/mol. The second-order valence-electron chi connectivity index (χ2n) is 8.05. The standard InChI is InChI=1S/C23H28N4O/c1-17(2)15-26-12-13-27-21-10-9-19(14-20(21)25-22(27)16-26)24-23(28)11-8-18-6-4-3-5-7-18/h3-7,9-10,14,17H,8,11-13,15-16H2,1-2H3,(H,24,28). The van der Waals surface area contributed by atoms with Gasteiger partial charge >= 0.3 is 0 Å². The van der Waals surface area contributed by atoms with E-state index in [0.29, 0.717) is 12.3 Å². The summed E-state index contributed by atoms with van der Waals surface area (Å²) in [5.41, 5.74) is 4.12. The number of hydrogen-bond acceptors (Lipinski definition) is 3. The first-order valence-corrected chi connectivity index (χ1v) is 10.1. The number of benzene rings is 2. The summed E-state index contributed by atoms with van der Waals surface area (Å²) in [6, 6.07) is 16.2. The van der Waals surface area contributed by atoms with Gasteiger partial charge in [-0.3, -0.25) is 9.69 Å². The van der Waals surface area contributed by atoms with Crippen molar-refractivity contribution in [3.05, 3.63) is 59.9 Å². The largest absolute Gasteiger partial charge is 0.326 e. The molecule has 1 aromatic heterocycles. The van der Waals surface area contributed by atoms with E-state index in [-0.39, 0.29) is 5.91 Å². The molecule has 0 radical (unpaired) electrons. The molecule has 146 valence electrons. The maximum atomic E-state index is 12.3. The molecule has 2 aromatic carbocycles. The van der Waals surface area contributed by atoms with Gasteiger partial charge in [-0.25, -0.2) is 4.98 Å². The predicted octanol–water partition coefficient (Wildman–Crippen LogP) is 4.08. The van der Waals surface area contributed by atoms with Gasteiger partial charge in [0.05, 0.1) is 17.6 Å². The van der Waals surface area contributed by atoms with Crippen LogP contribution in [0.15, 0.2) is 48.5 Å². The fourth-order valence-corrected chi connectivity index (χ4v) is 3.95. The van der Waals surface area contributed by atoms with Crippen molar-refractivity contribution >= 4 is 22.6 Å². The van der Waals surface area contributed by atoms with Gasteiger partial charge in [0.25, 0.3) is 0 Å². The summed E-state index contributed by atoms with van der Waals surface area (Å²) >= 11 is 0. The summed E-state index contributed by atoms with van der Waals surface area (Å²) < 4.78 is 2.31. The topological polar surface area (TPSA) is 50.2 Å². The number of imidazole rings is 1. The van der Waals surface area contributed by atoms with Gasteiger partial charge in [0.1, 0.15) is 5.82 Å². The third kappa shape index (κ3) is 4.25. The second kappa shape index (κ2) is 8.15. The Labute approximate surface area is 166 Å². The van der Waals surface area contributed by atoms with Crippen molar-refractivity contribution in [2.24, 2.45) is 5.92 Å². The number of hydrogen-bond donors (Lipinski definition) is 1. The highest BCUT2D eigenvalue weighted by atomic mass is 16.1. The molecule has 1 amide bonds. The van der Waals surface area contributed by atoms with Crippen molar-refractivity contribution in [3.8, 4) is 0 Å². The van der Waals surface area contributed by atoms with Gasteiger partial charge in [0.15, 0.2) is 0 Å². The van der Waals surface area contributed by atoms with Crippen LogP contribution in [0.2, 0.25) is 0 Å².